The minimum Gasteiger partial charge on any atom is -0.370 e. The average molecular weight is 61.1 g/mol. The third-order valence-corrected chi connectivity index (χ3v) is 0. The van der Waals surface area contributed by atoms with Crippen LogP contribution < -0.4 is 11.5 Å². The van der Waals surface area contributed by atoms with E-state index in [1.165, 1.54) is 0 Å². The predicted octanol–water partition coefficient (Wildman–Crippen LogP) is -1.16. The maximum Gasteiger partial charge on any atom is 0.183 e. The molecule has 0 fully saturated rings. The lowest BCUT2D eigenvalue weighted by Crippen LogP contribution is -2.20. The van der Waals surface area contributed by atoms with Crippen molar-refractivity contribution in [3.8, 4) is 0 Å². The van der Waals surface area contributed by atoms with Gasteiger partial charge in [0, 0.05) is 0 Å². The van der Waals surface area contributed by atoms with Crippen LogP contribution in [0.2, 0.25) is 0 Å². The molecule has 5 N–H and O–H groups in total. The Morgan fingerprint density at radius 2 is 1.50 bits per heavy atom. The van der Waals surface area contributed by atoms with Crippen molar-refractivity contribution in [1.82, 2.24) is 0 Å². The molecule has 0 atom stereocenters. The fourth-order valence-electron chi connectivity index (χ4n) is 0. The maximum atomic E-state index is 6.06. The molecule has 0 rings (SSSR count). The van der Waals surface area contributed by atoms with Gasteiger partial charge in [0.2, 0.25) is 0 Å². The van der Waals surface area contributed by atoms with Crippen molar-refractivity contribution in [2.75, 3.05) is 0 Å². The number of guanidine groups is 1. The van der Waals surface area contributed by atoms with E-state index in [2.05, 4.69) is 11.5 Å². The average Bonchev–Trinajstić information content (AvgIpc) is 0.811. The fraction of sp³-hybridized carbons (Fsp3) is 0. The van der Waals surface area contributed by atoms with Gasteiger partial charge in [0.25, 0.3) is 0 Å². The summed E-state index contributed by atoms with van der Waals surface area (Å²) in [6.45, 7) is 0. The van der Waals surface area contributed by atoms with Gasteiger partial charge >= 0.3 is 0 Å². The zero-order chi connectivity index (χ0) is 3.58. The van der Waals surface area contributed by atoms with E-state index in [0.717, 1.165) is 0 Å². The molecule has 24 valence electrons. The molecule has 0 radical (unpaired) electrons. The largest absolute Gasteiger partial charge is 0.370 e. The van der Waals surface area contributed by atoms with E-state index < -0.39 is 0 Å². The van der Waals surface area contributed by atoms with Crippen molar-refractivity contribution in [3.05, 3.63) is 0 Å². The lowest BCUT2D eigenvalue weighted by atomic mass is 12.4. The summed E-state index contributed by atoms with van der Waals surface area (Å²) < 4.78 is 0. The van der Waals surface area contributed by atoms with Crippen LogP contribution >= 0.6 is 0 Å². The van der Waals surface area contributed by atoms with Crippen LogP contribution in [-0.2, 0) is 0 Å². The quantitative estimate of drug-likeness (QED) is 0.244. The summed E-state index contributed by atoms with van der Waals surface area (Å²) >= 11 is 0. The first-order valence-electron chi connectivity index (χ1n) is 0.827. The number of nitrogens with two attached hydrogens (primary N) is 2. The van der Waals surface area contributed by atoms with Crippen molar-refractivity contribution in [2.24, 2.45) is 11.5 Å². The van der Waals surface area contributed by atoms with Gasteiger partial charge in [0.15, 0.2) is 5.96 Å². The Balaban J connectivity index is 2.80. The highest BCUT2D eigenvalue weighted by atomic mass is 15.6. The second-order valence-corrected chi connectivity index (χ2v) is 0.455. The molecule has 0 aliphatic rings. The van der Waals surface area contributed by atoms with Gasteiger partial charge in [-0.3, -0.25) is 5.41 Å². The van der Waals surface area contributed by atoms with E-state index in [4.69, 9.17) is 5.41 Å². The third kappa shape index (κ3) is 0.174. The Morgan fingerprint density at radius 3 is 1.50 bits per heavy atom. The van der Waals surface area contributed by atoms with Gasteiger partial charge in [-0.25, -0.2) is 0 Å². The molecule has 0 amide bonds. The molecule has 0 aliphatic heterocycles. The van der Waals surface area contributed by atoms with Crippen molar-refractivity contribution in [3.63, 3.8) is 0 Å². The molecule has 4 heavy (non-hydrogen) atoms. The minimum atomic E-state index is -0.333. The second-order valence-electron chi connectivity index (χ2n) is 0.455. The number of nitrogens with one attached hydrogen (secondary N) is 1. The highest BCUT2D eigenvalue weighted by molar-refractivity contribution is 5.71. The molecule has 3 nitrogen and oxygen atoms in total. The van der Waals surface area contributed by atoms with Crippen LogP contribution in [0.5, 0.6) is 0 Å². The summed E-state index contributed by atoms with van der Waals surface area (Å²) in [5, 5.41) is 6.06. The van der Waals surface area contributed by atoms with Crippen LogP contribution in [0.15, 0.2) is 0 Å². The summed E-state index contributed by atoms with van der Waals surface area (Å²) in [7, 11) is 0. The molecule has 0 aliphatic carbocycles. The first-order valence-corrected chi connectivity index (χ1v) is 0.827. The molecule has 0 heterocycles. The van der Waals surface area contributed by atoms with E-state index in [9.17, 15) is 0 Å². The molecule has 0 aromatic rings. The maximum absolute atomic E-state index is 6.06. The van der Waals surface area contributed by atoms with E-state index >= 15 is 0 Å². The second kappa shape index (κ2) is 0.711. The Morgan fingerprint density at radius 1 is 1.50 bits per heavy atom. The minimum absolute atomic E-state index is 0.333. The van der Waals surface area contributed by atoms with Crippen molar-refractivity contribution in [1.29, 1.82) is 5.41 Å². The predicted molar refractivity (Wildman–Crippen MR) is 16.1 cm³/mol. The van der Waals surface area contributed by atoms with Crippen LogP contribution in [0.25, 0.3) is 0 Å². The topological polar surface area (TPSA) is 75.9 Å². The van der Waals surface area contributed by atoms with Crippen molar-refractivity contribution < 1.29 is 0 Å². The third-order valence-electron chi connectivity index (χ3n) is 0. The molecule has 0 bridgehead atoms. The van der Waals surface area contributed by atoms with Gasteiger partial charge in [0.05, 0.1) is 0 Å². The molecule has 0 spiro atoms. The molecule has 0 saturated heterocycles. The molecule has 0 aromatic heterocycles. The Hall–Kier alpha value is -0.730. The van der Waals surface area contributed by atoms with Gasteiger partial charge in [-0.2, -0.15) is 0 Å². The Labute approximate surface area is 24.1 Å². The van der Waals surface area contributed by atoms with Crippen LogP contribution in [0.3, 0.4) is 0 Å². The highest BCUT2D eigenvalue weighted by Gasteiger charge is 1.52. The number of rotatable bonds is 0. The zero-order valence-electron chi connectivity index (χ0n) is 2.15. The molecule has 3 heteroatoms. The van der Waals surface area contributed by atoms with Gasteiger partial charge in [-0.15, -0.1) is 0 Å². The van der Waals surface area contributed by atoms with E-state index in [1.54, 1.807) is 0 Å². The Kier molecular flexibility index (Phi) is 0.581. The van der Waals surface area contributed by atoms with E-state index in [0.29, 0.717) is 0 Å². The molecule has 0 aromatic carbocycles. The monoisotopic (exact) mass is 61.1 g/mol. The normalized spacial score (nSPS) is 6.00. The van der Waals surface area contributed by atoms with Gasteiger partial charge in [-0.05, 0) is 0 Å². The zero-order valence-corrected chi connectivity index (χ0v) is 2.15. The Bertz CT molecular complexity index is 26.3. The molecular weight excluding hydrogens is 56.0 g/mol. The fourth-order valence-corrected chi connectivity index (χ4v) is 0. The summed E-state index contributed by atoms with van der Waals surface area (Å²) in [4.78, 5) is 0. The van der Waals surface area contributed by atoms with Gasteiger partial charge in [-0.1, -0.05) is 0 Å². The van der Waals surface area contributed by atoms with Crippen LogP contribution in [0.1, 0.15) is 0 Å². The van der Waals surface area contributed by atoms with Crippen LogP contribution in [0.4, 0.5) is 0 Å². The van der Waals surface area contributed by atoms with E-state index in [1.807, 2.05) is 0 Å². The molecule has 0 saturated carbocycles. The molecule has 0 unspecified atom stereocenters. The first kappa shape index (κ1) is 3.27. The number of hydrogen-bond donors (Lipinski definition) is 3. The lowest BCUT2D eigenvalue weighted by Gasteiger charge is -1.69. The SMILES string of the molecule is N=[14C](N)N. The van der Waals surface area contributed by atoms with Crippen molar-refractivity contribution >= 4 is 5.96 Å². The lowest BCUT2D eigenvalue weighted by molar-refractivity contribution is 1.39. The number of hydrogen-bond acceptors (Lipinski definition) is 1. The van der Waals surface area contributed by atoms with Crippen LogP contribution in [-0.4, -0.2) is 5.96 Å². The smallest absolute Gasteiger partial charge is 0.183 e. The summed E-state index contributed by atoms with van der Waals surface area (Å²) in [5.41, 5.74) is 8.94. The van der Waals surface area contributed by atoms with E-state index in [-0.39, 0.29) is 5.96 Å². The summed E-state index contributed by atoms with van der Waals surface area (Å²) in [6, 6.07) is 0. The highest BCUT2D eigenvalue weighted by Crippen LogP contribution is 1.13. The van der Waals surface area contributed by atoms with Crippen LogP contribution in [0, 0.1) is 5.41 Å². The van der Waals surface area contributed by atoms with Gasteiger partial charge in [0.1, 0.15) is 0 Å². The summed E-state index contributed by atoms with van der Waals surface area (Å²) in [6.07, 6.45) is 0. The van der Waals surface area contributed by atoms with Gasteiger partial charge < -0.3 is 11.5 Å². The first-order chi connectivity index (χ1) is 1.73. The van der Waals surface area contributed by atoms with Crippen molar-refractivity contribution in [2.45, 2.75) is 0 Å². The standard InChI is InChI=1S/CH5N3/c2-1(3)4/h(H5,2,3,4)/i1+2. The summed E-state index contributed by atoms with van der Waals surface area (Å²) in [5.74, 6) is -0.333. The molecular formula is CH5N3.